The number of likely N-dealkylation sites (tertiary alicyclic amines) is 1. The summed E-state index contributed by atoms with van der Waals surface area (Å²) >= 11 is 0. The molecule has 1 aliphatic heterocycles. The first-order valence-electron chi connectivity index (χ1n) is 7.71. The summed E-state index contributed by atoms with van der Waals surface area (Å²) in [6, 6.07) is 12.5. The molecule has 3 atom stereocenters. The molecule has 2 aliphatic rings. The van der Waals surface area contributed by atoms with Crippen molar-refractivity contribution in [2.24, 2.45) is 11.8 Å². The smallest absolute Gasteiger partial charge is 0.273 e. The Kier molecular flexibility index (Phi) is 3.22. The van der Waals surface area contributed by atoms with Crippen LogP contribution in [0.15, 0.2) is 40.9 Å². The highest BCUT2D eigenvalue weighted by Crippen LogP contribution is 2.45. The van der Waals surface area contributed by atoms with Gasteiger partial charge >= 0.3 is 0 Å². The Balaban J connectivity index is 1.29. The molecular formula is C17H19N3O2. The van der Waals surface area contributed by atoms with Gasteiger partial charge in [0.05, 0.1) is 0 Å². The van der Waals surface area contributed by atoms with Crippen molar-refractivity contribution in [1.82, 2.24) is 15.4 Å². The van der Waals surface area contributed by atoms with Gasteiger partial charge in [-0.15, -0.1) is 0 Å². The Morgan fingerprint density at radius 3 is 2.68 bits per heavy atom. The van der Waals surface area contributed by atoms with Crippen molar-refractivity contribution in [3.63, 3.8) is 0 Å². The maximum Gasteiger partial charge on any atom is 0.273 e. The lowest BCUT2D eigenvalue weighted by Crippen LogP contribution is -2.34. The van der Waals surface area contributed by atoms with Gasteiger partial charge in [0.25, 0.3) is 5.91 Å². The lowest BCUT2D eigenvalue weighted by Gasteiger charge is -2.19. The van der Waals surface area contributed by atoms with Crippen molar-refractivity contribution in [2.75, 3.05) is 13.1 Å². The van der Waals surface area contributed by atoms with Crippen LogP contribution in [0.5, 0.6) is 0 Å². The standard InChI is InChI=1S/C17H19N3O2/c1-11-7-15(19-22-11)17(21)18-16-13-9-20(10-14(13)16)8-12-5-3-2-4-6-12/h2-7,13-14,16H,8-10H2,1H3,(H,18,21)/t13-,14+,16?. The molecule has 1 saturated heterocycles. The maximum atomic E-state index is 12.1. The van der Waals surface area contributed by atoms with Gasteiger partial charge in [0.2, 0.25) is 0 Å². The molecule has 0 radical (unpaired) electrons. The maximum absolute atomic E-state index is 12.1. The Bertz CT molecular complexity index is 670. The molecule has 22 heavy (non-hydrogen) atoms. The summed E-state index contributed by atoms with van der Waals surface area (Å²) in [7, 11) is 0. The monoisotopic (exact) mass is 297 g/mol. The summed E-state index contributed by atoms with van der Waals surface area (Å²) in [6.07, 6.45) is 0. The summed E-state index contributed by atoms with van der Waals surface area (Å²) in [6.45, 7) is 4.90. The Morgan fingerprint density at radius 2 is 2.05 bits per heavy atom. The number of hydrogen-bond acceptors (Lipinski definition) is 4. The summed E-state index contributed by atoms with van der Waals surface area (Å²) in [5.74, 6) is 1.71. The minimum atomic E-state index is -0.120. The fraction of sp³-hybridized carbons (Fsp3) is 0.412. The predicted molar refractivity (Wildman–Crippen MR) is 81.2 cm³/mol. The van der Waals surface area contributed by atoms with Crippen LogP contribution in [0, 0.1) is 18.8 Å². The molecule has 5 nitrogen and oxygen atoms in total. The minimum absolute atomic E-state index is 0.120. The molecule has 5 heteroatoms. The Labute approximate surface area is 129 Å². The summed E-state index contributed by atoms with van der Waals surface area (Å²) in [5, 5.41) is 6.85. The quantitative estimate of drug-likeness (QED) is 0.935. The number of rotatable bonds is 4. The number of benzene rings is 1. The number of carbonyl (C=O) groups excluding carboxylic acids is 1. The molecule has 0 spiro atoms. The van der Waals surface area contributed by atoms with Gasteiger partial charge in [0.15, 0.2) is 5.69 Å². The molecule has 2 heterocycles. The van der Waals surface area contributed by atoms with Crippen molar-refractivity contribution in [2.45, 2.75) is 19.5 Å². The van der Waals surface area contributed by atoms with Gasteiger partial charge in [-0.05, 0) is 24.3 Å². The second kappa shape index (κ2) is 5.25. The number of nitrogens with one attached hydrogen (secondary N) is 1. The molecule has 4 rings (SSSR count). The van der Waals surface area contributed by atoms with Crippen LogP contribution in [0.25, 0.3) is 0 Å². The van der Waals surface area contributed by atoms with Crippen LogP contribution in [-0.4, -0.2) is 35.1 Å². The molecule has 1 saturated carbocycles. The van der Waals surface area contributed by atoms with E-state index < -0.39 is 0 Å². The van der Waals surface area contributed by atoms with Gasteiger partial charge in [-0.3, -0.25) is 9.69 Å². The average molecular weight is 297 g/mol. The van der Waals surface area contributed by atoms with Crippen LogP contribution < -0.4 is 5.32 Å². The Morgan fingerprint density at radius 1 is 1.32 bits per heavy atom. The zero-order valence-electron chi connectivity index (χ0n) is 12.5. The van der Waals surface area contributed by atoms with E-state index in [9.17, 15) is 4.79 Å². The number of carbonyl (C=O) groups is 1. The highest BCUT2D eigenvalue weighted by molar-refractivity contribution is 5.92. The van der Waals surface area contributed by atoms with E-state index in [0.29, 0.717) is 29.3 Å². The van der Waals surface area contributed by atoms with E-state index in [4.69, 9.17) is 4.52 Å². The predicted octanol–water partition coefficient (Wildman–Crippen LogP) is 1.84. The molecule has 114 valence electrons. The molecule has 1 amide bonds. The number of hydrogen-bond donors (Lipinski definition) is 1. The lowest BCUT2D eigenvalue weighted by atomic mass is 10.2. The van der Waals surface area contributed by atoms with Crippen LogP contribution in [0.4, 0.5) is 0 Å². The van der Waals surface area contributed by atoms with Crippen molar-refractivity contribution in [3.05, 3.63) is 53.4 Å². The largest absolute Gasteiger partial charge is 0.361 e. The molecule has 1 aromatic carbocycles. The fourth-order valence-electron chi connectivity index (χ4n) is 3.50. The number of aromatic nitrogens is 1. The van der Waals surface area contributed by atoms with Crippen LogP contribution in [0.1, 0.15) is 21.8 Å². The van der Waals surface area contributed by atoms with E-state index in [1.54, 1.807) is 13.0 Å². The number of fused-ring (bicyclic) bond motifs is 1. The van der Waals surface area contributed by atoms with Crippen LogP contribution in [0.3, 0.4) is 0 Å². The fourth-order valence-corrected chi connectivity index (χ4v) is 3.50. The second-order valence-electron chi connectivity index (χ2n) is 6.33. The summed E-state index contributed by atoms with van der Waals surface area (Å²) < 4.78 is 4.95. The summed E-state index contributed by atoms with van der Waals surface area (Å²) in [5.41, 5.74) is 1.73. The van der Waals surface area contributed by atoms with Crippen molar-refractivity contribution >= 4 is 5.91 Å². The van der Waals surface area contributed by atoms with Crippen molar-refractivity contribution in [3.8, 4) is 0 Å². The average Bonchev–Trinajstić information content (AvgIpc) is 2.90. The Hall–Kier alpha value is -2.14. The number of amides is 1. The first-order chi connectivity index (χ1) is 10.7. The van der Waals surface area contributed by atoms with Gasteiger partial charge in [-0.2, -0.15) is 0 Å². The lowest BCUT2D eigenvalue weighted by molar-refractivity contribution is 0.0933. The van der Waals surface area contributed by atoms with E-state index in [1.807, 2.05) is 6.07 Å². The molecular weight excluding hydrogens is 278 g/mol. The molecule has 1 unspecified atom stereocenters. The number of piperidine rings is 1. The molecule has 1 aromatic heterocycles. The minimum Gasteiger partial charge on any atom is -0.361 e. The van der Waals surface area contributed by atoms with Gasteiger partial charge < -0.3 is 9.84 Å². The second-order valence-corrected chi connectivity index (χ2v) is 6.33. The topological polar surface area (TPSA) is 58.4 Å². The molecule has 2 aromatic rings. The van der Waals surface area contributed by atoms with Crippen molar-refractivity contribution in [1.29, 1.82) is 0 Å². The molecule has 2 fully saturated rings. The van der Waals surface area contributed by atoms with E-state index in [-0.39, 0.29) is 5.91 Å². The van der Waals surface area contributed by atoms with Crippen molar-refractivity contribution < 1.29 is 9.32 Å². The third-order valence-corrected chi connectivity index (χ3v) is 4.68. The highest BCUT2D eigenvalue weighted by Gasteiger charge is 2.56. The van der Waals surface area contributed by atoms with E-state index >= 15 is 0 Å². The van der Waals surface area contributed by atoms with Crippen LogP contribution >= 0.6 is 0 Å². The van der Waals surface area contributed by atoms with Gasteiger partial charge in [0.1, 0.15) is 5.76 Å². The number of aryl methyl sites for hydroxylation is 1. The van der Waals surface area contributed by atoms with E-state index in [2.05, 4.69) is 39.6 Å². The summed E-state index contributed by atoms with van der Waals surface area (Å²) in [4.78, 5) is 14.5. The van der Waals surface area contributed by atoms with Gasteiger partial charge in [-0.25, -0.2) is 0 Å². The van der Waals surface area contributed by atoms with E-state index in [1.165, 1.54) is 5.56 Å². The number of nitrogens with zero attached hydrogens (tertiary/aromatic N) is 2. The van der Waals surface area contributed by atoms with Crippen LogP contribution in [0.2, 0.25) is 0 Å². The molecule has 1 N–H and O–H groups in total. The SMILES string of the molecule is Cc1cc(C(=O)NC2[C@H]3CN(Cc4ccccc4)C[C@@H]23)no1. The van der Waals surface area contributed by atoms with Gasteiger partial charge in [0, 0.05) is 31.7 Å². The first-order valence-corrected chi connectivity index (χ1v) is 7.71. The first kappa shape index (κ1) is 13.5. The highest BCUT2D eigenvalue weighted by atomic mass is 16.5. The normalized spacial score (nSPS) is 26.7. The molecule has 0 bridgehead atoms. The third-order valence-electron chi connectivity index (χ3n) is 4.68. The third kappa shape index (κ3) is 2.52. The molecule has 1 aliphatic carbocycles. The van der Waals surface area contributed by atoms with Gasteiger partial charge in [-0.1, -0.05) is 35.5 Å². The van der Waals surface area contributed by atoms with E-state index in [0.717, 1.165) is 19.6 Å². The van der Waals surface area contributed by atoms with Crippen LogP contribution in [-0.2, 0) is 6.54 Å². The zero-order chi connectivity index (χ0) is 15.1. The zero-order valence-corrected chi connectivity index (χ0v) is 12.5.